The summed E-state index contributed by atoms with van der Waals surface area (Å²) in [4.78, 5) is 42.7. The number of rotatable bonds is 6. The van der Waals surface area contributed by atoms with Crippen molar-refractivity contribution in [3.8, 4) is 5.75 Å². The van der Waals surface area contributed by atoms with Crippen LogP contribution in [0.2, 0.25) is 0 Å². The van der Waals surface area contributed by atoms with Crippen molar-refractivity contribution in [1.29, 1.82) is 0 Å². The summed E-state index contributed by atoms with van der Waals surface area (Å²) < 4.78 is 44.5. The van der Waals surface area contributed by atoms with Crippen molar-refractivity contribution in [1.82, 2.24) is 10.3 Å². The Bertz CT molecular complexity index is 1340. The van der Waals surface area contributed by atoms with Crippen LogP contribution in [0.4, 0.5) is 35.0 Å². The Kier molecular flexibility index (Phi) is 8.01. The van der Waals surface area contributed by atoms with Gasteiger partial charge < -0.3 is 20.7 Å². The minimum atomic E-state index is -4.63. The van der Waals surface area contributed by atoms with Crippen LogP contribution in [0.5, 0.6) is 5.75 Å². The maximum atomic E-state index is 13.2. The highest BCUT2D eigenvalue weighted by atomic mass is 19.4. The van der Waals surface area contributed by atoms with Crippen molar-refractivity contribution < 1.29 is 32.3 Å². The largest absolute Gasteiger partial charge is 0.497 e. The first-order valence-electron chi connectivity index (χ1n) is 10.8. The summed E-state index contributed by atoms with van der Waals surface area (Å²) >= 11 is 0. The summed E-state index contributed by atoms with van der Waals surface area (Å²) in [5, 5.41) is 7.58. The van der Waals surface area contributed by atoms with Crippen LogP contribution in [0.3, 0.4) is 0 Å². The molecule has 194 valence electrons. The summed E-state index contributed by atoms with van der Waals surface area (Å²) in [6.45, 7) is 1.71. The lowest BCUT2D eigenvalue weighted by molar-refractivity contribution is -0.137. The molecule has 0 unspecified atom stereocenters. The molecule has 4 amide bonds. The molecule has 37 heavy (non-hydrogen) atoms. The summed E-state index contributed by atoms with van der Waals surface area (Å²) in [6, 6.07) is 9.80. The molecule has 0 aliphatic rings. The topological polar surface area (TPSA) is 113 Å². The van der Waals surface area contributed by atoms with Crippen LogP contribution in [0.25, 0.3) is 0 Å². The van der Waals surface area contributed by atoms with Gasteiger partial charge in [-0.25, -0.2) is 4.79 Å². The van der Waals surface area contributed by atoms with Gasteiger partial charge in [0.05, 0.1) is 12.7 Å². The van der Waals surface area contributed by atoms with E-state index in [4.69, 9.17) is 4.74 Å². The van der Waals surface area contributed by atoms with E-state index in [1.54, 1.807) is 19.1 Å². The molecule has 9 nitrogen and oxygen atoms in total. The van der Waals surface area contributed by atoms with Crippen molar-refractivity contribution in [2.45, 2.75) is 13.1 Å². The number of carbonyl (C=O) groups excluding carboxylic acids is 3. The Labute approximate surface area is 210 Å². The van der Waals surface area contributed by atoms with E-state index in [9.17, 15) is 27.6 Å². The van der Waals surface area contributed by atoms with E-state index in [-0.39, 0.29) is 22.7 Å². The smallest absolute Gasteiger partial charge is 0.416 e. The predicted octanol–water partition coefficient (Wildman–Crippen LogP) is 4.70. The molecule has 3 N–H and O–H groups in total. The molecule has 0 fully saturated rings. The molecule has 3 aromatic rings. The molecular weight excluding hydrogens is 491 g/mol. The normalized spacial score (nSPS) is 10.9. The van der Waals surface area contributed by atoms with Gasteiger partial charge in [0.2, 0.25) is 0 Å². The molecule has 1 aromatic heterocycles. The Morgan fingerprint density at radius 2 is 1.70 bits per heavy atom. The number of hydrogen-bond donors (Lipinski definition) is 3. The molecule has 1 heterocycles. The lowest BCUT2D eigenvalue weighted by Crippen LogP contribution is -2.32. The van der Waals surface area contributed by atoms with Gasteiger partial charge in [0.15, 0.2) is 0 Å². The Balaban J connectivity index is 1.80. The fourth-order valence-electron chi connectivity index (χ4n) is 3.25. The number of carbonyl (C=O) groups is 3. The number of aryl methyl sites for hydroxylation is 1. The van der Waals surface area contributed by atoms with E-state index in [1.807, 2.05) is 0 Å². The zero-order valence-corrected chi connectivity index (χ0v) is 20.4. The van der Waals surface area contributed by atoms with E-state index in [0.29, 0.717) is 16.9 Å². The lowest BCUT2D eigenvalue weighted by Gasteiger charge is -2.19. The number of halogens is 3. The SMILES string of the molecule is CNC(=O)c1cc(N(C)C(=O)Nc2cc(C(=O)Nc3cc(OC)cc(C(F)(F)F)c3)ccc2C)ccn1. The fourth-order valence-corrected chi connectivity index (χ4v) is 3.25. The van der Waals surface area contributed by atoms with E-state index >= 15 is 0 Å². The van der Waals surface area contributed by atoms with Crippen LogP contribution in [0, 0.1) is 6.92 Å². The second kappa shape index (κ2) is 11.0. The number of urea groups is 1. The Hall–Kier alpha value is -4.61. The second-order valence-electron chi connectivity index (χ2n) is 7.90. The van der Waals surface area contributed by atoms with Gasteiger partial charge in [0.1, 0.15) is 11.4 Å². The summed E-state index contributed by atoms with van der Waals surface area (Å²) in [6.07, 6.45) is -3.24. The molecule has 0 saturated heterocycles. The van der Waals surface area contributed by atoms with Gasteiger partial charge in [-0.1, -0.05) is 6.07 Å². The average molecular weight is 515 g/mol. The molecule has 0 atom stereocenters. The number of anilines is 3. The minimum absolute atomic E-state index is 0.0688. The number of methoxy groups -OCH3 is 1. The van der Waals surface area contributed by atoms with Gasteiger partial charge in [0, 0.05) is 49.0 Å². The Morgan fingerprint density at radius 3 is 2.35 bits per heavy atom. The highest BCUT2D eigenvalue weighted by Gasteiger charge is 2.31. The molecule has 0 aliphatic carbocycles. The summed E-state index contributed by atoms with van der Waals surface area (Å²) in [5.74, 6) is -1.17. The molecule has 0 aliphatic heterocycles. The number of ether oxygens (including phenoxy) is 1. The van der Waals surface area contributed by atoms with Gasteiger partial charge in [-0.05, 0) is 48.9 Å². The standard InChI is InChI=1S/C25H24F3N5O4/c1-14-5-6-15(22(34)31-17-10-16(25(26,27)28)11-19(12-17)37-4)9-20(14)32-24(36)33(3)18-7-8-30-21(13-18)23(35)29-2/h5-13H,1-4H3,(H,29,35)(H,31,34)(H,32,36). The van der Waals surface area contributed by atoms with Gasteiger partial charge in [-0.3, -0.25) is 19.5 Å². The fraction of sp³-hybridized carbons (Fsp3) is 0.200. The van der Waals surface area contributed by atoms with Gasteiger partial charge in [0.25, 0.3) is 11.8 Å². The molecule has 3 rings (SSSR count). The number of nitrogens with one attached hydrogen (secondary N) is 3. The first-order valence-corrected chi connectivity index (χ1v) is 10.8. The van der Waals surface area contributed by atoms with Crippen molar-refractivity contribution in [2.24, 2.45) is 0 Å². The van der Waals surface area contributed by atoms with Crippen molar-refractivity contribution in [3.05, 3.63) is 77.1 Å². The minimum Gasteiger partial charge on any atom is -0.497 e. The number of hydrogen-bond acceptors (Lipinski definition) is 5. The predicted molar refractivity (Wildman–Crippen MR) is 132 cm³/mol. The van der Waals surface area contributed by atoms with Crippen LogP contribution < -0.4 is 25.6 Å². The van der Waals surface area contributed by atoms with E-state index in [0.717, 1.165) is 12.1 Å². The molecule has 0 saturated carbocycles. The molecule has 0 bridgehead atoms. The van der Waals surface area contributed by atoms with Crippen LogP contribution in [0.15, 0.2) is 54.7 Å². The number of pyridine rings is 1. The molecule has 2 aromatic carbocycles. The van der Waals surface area contributed by atoms with Crippen LogP contribution in [-0.4, -0.2) is 44.0 Å². The number of alkyl halides is 3. The molecular formula is C25H24F3N5O4. The van der Waals surface area contributed by atoms with Crippen LogP contribution in [0.1, 0.15) is 32.0 Å². The lowest BCUT2D eigenvalue weighted by atomic mass is 10.1. The first kappa shape index (κ1) is 27.0. The maximum absolute atomic E-state index is 13.2. The maximum Gasteiger partial charge on any atom is 0.416 e. The van der Waals surface area contributed by atoms with Crippen molar-refractivity contribution in [3.63, 3.8) is 0 Å². The summed E-state index contributed by atoms with van der Waals surface area (Å²) in [5.41, 5.74) is 0.499. The highest BCUT2D eigenvalue weighted by molar-refractivity contribution is 6.07. The third-order valence-corrected chi connectivity index (χ3v) is 5.36. The number of benzene rings is 2. The van der Waals surface area contributed by atoms with Gasteiger partial charge in [-0.15, -0.1) is 0 Å². The summed E-state index contributed by atoms with van der Waals surface area (Å²) in [7, 11) is 4.17. The Morgan fingerprint density at radius 1 is 0.973 bits per heavy atom. The number of amides is 4. The molecule has 0 spiro atoms. The highest BCUT2D eigenvalue weighted by Crippen LogP contribution is 2.34. The molecule has 12 heteroatoms. The average Bonchev–Trinajstić information content (AvgIpc) is 2.88. The van der Waals surface area contributed by atoms with Gasteiger partial charge in [-0.2, -0.15) is 13.2 Å². The zero-order chi connectivity index (χ0) is 27.3. The zero-order valence-electron chi connectivity index (χ0n) is 20.4. The third kappa shape index (κ3) is 6.54. The van der Waals surface area contributed by atoms with E-state index < -0.39 is 29.6 Å². The van der Waals surface area contributed by atoms with Crippen LogP contribution in [-0.2, 0) is 6.18 Å². The number of aromatic nitrogens is 1. The van der Waals surface area contributed by atoms with Crippen molar-refractivity contribution >= 4 is 34.9 Å². The van der Waals surface area contributed by atoms with Crippen molar-refractivity contribution in [2.75, 3.05) is 36.7 Å². The van der Waals surface area contributed by atoms with E-state index in [1.165, 1.54) is 56.6 Å². The monoisotopic (exact) mass is 515 g/mol. The third-order valence-electron chi connectivity index (χ3n) is 5.36. The van der Waals surface area contributed by atoms with E-state index in [2.05, 4.69) is 20.9 Å². The van der Waals surface area contributed by atoms with Crippen LogP contribution >= 0.6 is 0 Å². The second-order valence-corrected chi connectivity index (χ2v) is 7.90. The quantitative estimate of drug-likeness (QED) is 0.441. The van der Waals surface area contributed by atoms with Gasteiger partial charge >= 0.3 is 12.2 Å². The number of nitrogens with zero attached hydrogens (tertiary/aromatic N) is 2. The molecule has 0 radical (unpaired) electrons. The first-order chi connectivity index (χ1) is 17.4.